The van der Waals surface area contributed by atoms with Gasteiger partial charge in [-0.1, -0.05) is 60.7 Å². The molecule has 0 unspecified atom stereocenters. The van der Waals surface area contributed by atoms with Crippen LogP contribution in [0.1, 0.15) is 16.7 Å². The zero-order chi connectivity index (χ0) is 25.4. The van der Waals surface area contributed by atoms with Crippen molar-refractivity contribution in [3.63, 3.8) is 0 Å². The van der Waals surface area contributed by atoms with Gasteiger partial charge >= 0.3 is 0 Å². The summed E-state index contributed by atoms with van der Waals surface area (Å²) in [4.78, 5) is 17.2. The smallest absolute Gasteiger partial charge is 0.283 e. The molecule has 8 heteroatoms. The van der Waals surface area contributed by atoms with Crippen LogP contribution in [0, 0.1) is 12.3 Å². The van der Waals surface area contributed by atoms with Gasteiger partial charge in [0.05, 0.1) is 5.57 Å². The normalized spacial score (nSPS) is 16.2. The third-order valence-electron chi connectivity index (χ3n) is 6.32. The minimum absolute atomic E-state index is 0.00736. The van der Waals surface area contributed by atoms with Crippen molar-refractivity contribution >= 4 is 50.7 Å². The van der Waals surface area contributed by atoms with Gasteiger partial charge in [-0.2, -0.15) is 15.1 Å². The average Bonchev–Trinajstić information content (AvgIpc) is 3.48. The Bertz CT molecular complexity index is 1630. The highest BCUT2D eigenvalue weighted by Crippen LogP contribution is 2.31. The molecule has 1 N–H and O–H groups in total. The Hall–Kier alpha value is -4.43. The van der Waals surface area contributed by atoms with Crippen molar-refractivity contribution in [3.05, 3.63) is 107 Å². The molecule has 37 heavy (non-hydrogen) atoms. The predicted molar refractivity (Wildman–Crippen MR) is 149 cm³/mol. The summed E-state index contributed by atoms with van der Waals surface area (Å²) in [6, 6.07) is 25.9. The summed E-state index contributed by atoms with van der Waals surface area (Å²) in [6.07, 6.45) is 3.78. The largest absolute Gasteiger partial charge is 0.487 e. The Kier molecular flexibility index (Phi) is 5.94. The number of aryl methyl sites for hydroxylation is 1. The number of hydrogen-bond acceptors (Lipinski definition) is 5. The number of hydrogen-bond donors (Lipinski definition) is 1. The van der Waals surface area contributed by atoms with Gasteiger partial charge in [-0.3, -0.25) is 10.2 Å². The lowest BCUT2D eigenvalue weighted by Crippen LogP contribution is -2.35. The fourth-order valence-electron chi connectivity index (χ4n) is 4.40. The zero-order valence-corrected chi connectivity index (χ0v) is 20.9. The maximum Gasteiger partial charge on any atom is 0.283 e. The highest BCUT2D eigenvalue weighted by atomic mass is 32.2. The number of aromatic nitrogens is 1. The molecule has 182 valence electrons. The Balaban J connectivity index is 1.30. The zero-order valence-electron chi connectivity index (χ0n) is 20.1. The first kappa shape index (κ1) is 23.0. The van der Waals surface area contributed by atoms with E-state index >= 15 is 0 Å². The van der Waals surface area contributed by atoms with Crippen LogP contribution >= 0.6 is 11.8 Å². The Labute approximate surface area is 218 Å². The third-order valence-corrected chi connectivity index (χ3v) is 7.20. The van der Waals surface area contributed by atoms with Crippen molar-refractivity contribution in [2.75, 3.05) is 6.61 Å². The number of carbonyl (C=O) groups excluding carboxylic acids is 1. The van der Waals surface area contributed by atoms with Gasteiger partial charge < -0.3 is 9.30 Å². The van der Waals surface area contributed by atoms with Gasteiger partial charge in [-0.15, -0.1) is 0 Å². The van der Waals surface area contributed by atoms with Crippen LogP contribution in [0.4, 0.5) is 0 Å². The van der Waals surface area contributed by atoms with Crippen molar-refractivity contribution in [3.8, 4) is 5.75 Å². The highest BCUT2D eigenvalue weighted by Gasteiger charge is 2.36. The second kappa shape index (κ2) is 9.55. The molecule has 4 aromatic rings. The maximum atomic E-state index is 13.0. The van der Waals surface area contributed by atoms with Crippen LogP contribution < -0.4 is 4.74 Å². The number of ether oxygens (including phenoxy) is 1. The summed E-state index contributed by atoms with van der Waals surface area (Å²) < 4.78 is 7.96. The first-order valence-corrected chi connectivity index (χ1v) is 12.7. The molecule has 2 aliphatic heterocycles. The number of hydrazone groups is 1. The molecule has 0 saturated carbocycles. The fraction of sp³-hybridized carbons (Fsp3) is 0.103. The monoisotopic (exact) mass is 505 g/mol. The van der Waals surface area contributed by atoms with E-state index in [0.29, 0.717) is 16.8 Å². The lowest BCUT2D eigenvalue weighted by Gasteiger charge is -2.20. The van der Waals surface area contributed by atoms with Crippen LogP contribution in [0.2, 0.25) is 0 Å². The molecule has 0 saturated heterocycles. The SMILES string of the molecule is Cc1ccccc1Cn1cc(C=C2C(=N)N3N=C(COc4ccccc4)SC3=NC2=O)c2ccccc21. The van der Waals surface area contributed by atoms with Crippen LogP contribution in [0.5, 0.6) is 5.75 Å². The molecule has 6 rings (SSSR count). The Morgan fingerprint density at radius 3 is 2.59 bits per heavy atom. The first-order chi connectivity index (χ1) is 18.1. The quantitative estimate of drug-likeness (QED) is 0.341. The molecule has 3 aromatic carbocycles. The van der Waals surface area contributed by atoms with E-state index in [-0.39, 0.29) is 18.0 Å². The van der Waals surface area contributed by atoms with Crippen molar-refractivity contribution < 1.29 is 9.53 Å². The van der Waals surface area contributed by atoms with Gasteiger partial charge in [-0.25, -0.2) is 0 Å². The lowest BCUT2D eigenvalue weighted by molar-refractivity contribution is -0.114. The summed E-state index contributed by atoms with van der Waals surface area (Å²) in [7, 11) is 0. The molecular weight excluding hydrogens is 482 g/mol. The molecule has 7 nitrogen and oxygen atoms in total. The van der Waals surface area contributed by atoms with Gasteiger partial charge in [0.25, 0.3) is 5.91 Å². The van der Waals surface area contributed by atoms with Crippen molar-refractivity contribution in [1.82, 2.24) is 9.58 Å². The number of benzene rings is 3. The van der Waals surface area contributed by atoms with E-state index in [1.54, 1.807) is 6.08 Å². The topological polar surface area (TPSA) is 83.0 Å². The number of rotatable bonds is 6. The predicted octanol–water partition coefficient (Wildman–Crippen LogP) is 5.70. The summed E-state index contributed by atoms with van der Waals surface area (Å²) in [5.41, 5.74) is 4.58. The van der Waals surface area contributed by atoms with Crippen LogP contribution in [0.25, 0.3) is 17.0 Å². The number of amides is 1. The number of nitrogens with one attached hydrogen (secondary N) is 1. The minimum Gasteiger partial charge on any atom is -0.487 e. The van der Waals surface area contributed by atoms with E-state index in [1.165, 1.54) is 27.9 Å². The summed E-state index contributed by atoms with van der Waals surface area (Å²) in [5.74, 6) is 0.291. The van der Waals surface area contributed by atoms with Crippen LogP contribution in [-0.2, 0) is 11.3 Å². The highest BCUT2D eigenvalue weighted by molar-refractivity contribution is 8.27. The minimum atomic E-state index is -0.445. The fourth-order valence-corrected chi connectivity index (χ4v) is 5.20. The molecular formula is C29H23N5O2S. The van der Waals surface area contributed by atoms with E-state index < -0.39 is 5.91 Å². The van der Waals surface area contributed by atoms with Gasteiger partial charge in [0.1, 0.15) is 17.4 Å². The second-order valence-corrected chi connectivity index (χ2v) is 9.81. The van der Waals surface area contributed by atoms with E-state index in [1.807, 2.05) is 66.9 Å². The molecule has 2 aliphatic rings. The molecule has 0 atom stereocenters. The average molecular weight is 506 g/mol. The number of thioether (sulfide) groups is 1. The number of carbonyl (C=O) groups is 1. The molecule has 3 heterocycles. The lowest BCUT2D eigenvalue weighted by atomic mass is 10.1. The molecule has 0 fully saturated rings. The molecule has 0 aliphatic carbocycles. The summed E-state index contributed by atoms with van der Waals surface area (Å²) in [6.45, 7) is 3.05. The number of amidine groups is 2. The van der Waals surface area contributed by atoms with E-state index in [4.69, 9.17) is 10.1 Å². The van der Waals surface area contributed by atoms with Gasteiger partial charge in [0.2, 0.25) is 5.17 Å². The van der Waals surface area contributed by atoms with Gasteiger partial charge in [0.15, 0.2) is 5.84 Å². The van der Waals surface area contributed by atoms with Crippen molar-refractivity contribution in [1.29, 1.82) is 5.41 Å². The van der Waals surface area contributed by atoms with E-state index in [2.05, 4.69) is 39.8 Å². The number of para-hydroxylation sites is 2. The number of nitrogens with zero attached hydrogens (tertiary/aromatic N) is 4. The van der Waals surface area contributed by atoms with Crippen molar-refractivity contribution in [2.24, 2.45) is 10.1 Å². The molecule has 0 radical (unpaired) electrons. The number of aliphatic imine (C=N–C) groups is 1. The van der Waals surface area contributed by atoms with E-state index in [9.17, 15) is 4.79 Å². The molecule has 1 amide bonds. The van der Waals surface area contributed by atoms with Gasteiger partial charge in [-0.05, 0) is 54.1 Å². The standard InChI is InChI=1S/C29H23N5O2S/c1-19-9-5-6-10-20(19)16-33-17-21(23-13-7-8-14-25(23)33)15-24-27(30)34-29(31-28(24)35)37-26(32-34)18-36-22-11-3-2-4-12-22/h2-15,17,30H,16,18H2,1H3. The molecule has 0 spiro atoms. The molecule has 0 bridgehead atoms. The summed E-state index contributed by atoms with van der Waals surface area (Å²) >= 11 is 1.25. The summed E-state index contributed by atoms with van der Waals surface area (Å²) in [5, 5.41) is 16.7. The Morgan fingerprint density at radius 2 is 1.76 bits per heavy atom. The van der Waals surface area contributed by atoms with Gasteiger partial charge in [0, 0.05) is 29.2 Å². The van der Waals surface area contributed by atoms with E-state index in [0.717, 1.165) is 22.2 Å². The first-order valence-electron chi connectivity index (χ1n) is 11.9. The number of fused-ring (bicyclic) bond motifs is 2. The van der Waals surface area contributed by atoms with Crippen LogP contribution in [0.15, 0.2) is 101 Å². The second-order valence-electron chi connectivity index (χ2n) is 8.77. The van der Waals surface area contributed by atoms with Crippen molar-refractivity contribution in [2.45, 2.75) is 13.5 Å². The molecule has 1 aromatic heterocycles. The van der Waals surface area contributed by atoms with Crippen LogP contribution in [-0.4, -0.2) is 38.1 Å². The Morgan fingerprint density at radius 1 is 1.00 bits per heavy atom. The third kappa shape index (κ3) is 4.47. The van der Waals surface area contributed by atoms with Crippen LogP contribution in [0.3, 0.4) is 0 Å². The maximum absolute atomic E-state index is 13.0.